The van der Waals surface area contributed by atoms with Crippen molar-refractivity contribution < 1.29 is 10.2 Å². The highest BCUT2D eigenvalue weighted by Gasteiger charge is 2.57. The third-order valence-electron chi connectivity index (χ3n) is 7.03. The number of rotatable bonds is 2. The molecule has 1 unspecified atom stereocenters. The minimum atomic E-state index is -0.164. The Bertz CT molecular complexity index is 798. The molecule has 2 aromatic rings. The van der Waals surface area contributed by atoms with E-state index in [1.807, 2.05) is 12.1 Å². The Morgan fingerprint density at radius 3 is 3.04 bits per heavy atom. The number of nitrogens with zero attached hydrogens (tertiary/aromatic N) is 1. The van der Waals surface area contributed by atoms with Crippen LogP contribution in [0.4, 0.5) is 0 Å². The molecule has 3 N–H and O–H groups in total. The van der Waals surface area contributed by atoms with Crippen LogP contribution in [0.25, 0.3) is 10.9 Å². The minimum absolute atomic E-state index is 0.164. The monoisotopic (exact) mass is 326 g/mol. The van der Waals surface area contributed by atoms with Crippen LogP contribution in [0, 0.1) is 11.8 Å². The number of aromatic hydroxyl groups is 1. The molecule has 4 nitrogen and oxygen atoms in total. The number of phenols is 1. The zero-order valence-corrected chi connectivity index (χ0v) is 14.3. The normalized spacial score (nSPS) is 37.4. The van der Waals surface area contributed by atoms with E-state index >= 15 is 0 Å². The summed E-state index contributed by atoms with van der Waals surface area (Å²) in [4.78, 5) is 6.32. The standard InChI is InChI=1S/C20H26N2O2/c1-2-13-7-12-9-20(11-23)18-15(5-6-22(10-12)19(13)20)16-8-14(24)3-4-17(16)21-18/h3-4,8,12-13,19,21,23-24H,2,5-7,9-11H2,1H3/t12-,13+,19+,20-/m1/s1. The third-order valence-corrected chi connectivity index (χ3v) is 7.03. The summed E-state index contributed by atoms with van der Waals surface area (Å²) in [7, 11) is 0. The summed E-state index contributed by atoms with van der Waals surface area (Å²) < 4.78 is 0. The molecular formula is C20H26N2O2. The first-order chi connectivity index (χ1) is 11.7. The van der Waals surface area contributed by atoms with Crippen LogP contribution in [0.15, 0.2) is 18.2 Å². The highest BCUT2D eigenvalue weighted by atomic mass is 16.3. The van der Waals surface area contributed by atoms with Gasteiger partial charge in [-0.1, -0.05) is 13.3 Å². The second kappa shape index (κ2) is 4.99. The number of aromatic amines is 1. The molecule has 4 aliphatic rings. The highest BCUT2D eigenvalue weighted by molar-refractivity contribution is 5.86. The number of aliphatic hydroxyl groups excluding tert-OH is 1. The first kappa shape index (κ1) is 14.8. The Balaban J connectivity index is 1.77. The molecule has 3 aliphatic heterocycles. The maximum Gasteiger partial charge on any atom is 0.116 e. The van der Waals surface area contributed by atoms with Gasteiger partial charge in [0.25, 0.3) is 0 Å². The van der Waals surface area contributed by atoms with Crippen LogP contribution in [0.1, 0.15) is 37.4 Å². The van der Waals surface area contributed by atoms with E-state index in [0.717, 1.165) is 30.3 Å². The fraction of sp³-hybridized carbons (Fsp3) is 0.600. The summed E-state index contributed by atoms with van der Waals surface area (Å²) in [5, 5.41) is 21.7. The van der Waals surface area contributed by atoms with Crippen LogP contribution in [0.3, 0.4) is 0 Å². The smallest absolute Gasteiger partial charge is 0.116 e. The summed E-state index contributed by atoms with van der Waals surface area (Å²) in [6, 6.07) is 6.05. The zero-order chi connectivity index (χ0) is 16.5. The molecular weight excluding hydrogens is 300 g/mol. The number of H-pyrrole nitrogens is 1. The largest absolute Gasteiger partial charge is 0.508 e. The number of piperidine rings is 2. The number of nitrogens with one attached hydrogen (secondary N) is 1. The lowest BCUT2D eigenvalue weighted by molar-refractivity contribution is -0.0775. The first-order valence-electron chi connectivity index (χ1n) is 9.35. The number of fused-ring (bicyclic) bond motifs is 4. The maximum atomic E-state index is 10.6. The van der Waals surface area contributed by atoms with Gasteiger partial charge in [-0.25, -0.2) is 0 Å². The zero-order valence-electron chi connectivity index (χ0n) is 14.3. The number of hydrogen-bond acceptors (Lipinski definition) is 3. The Morgan fingerprint density at radius 2 is 2.25 bits per heavy atom. The van der Waals surface area contributed by atoms with Crippen LogP contribution in [-0.4, -0.2) is 45.8 Å². The predicted octanol–water partition coefficient (Wildman–Crippen LogP) is 2.78. The van der Waals surface area contributed by atoms with Gasteiger partial charge < -0.3 is 15.2 Å². The predicted molar refractivity (Wildman–Crippen MR) is 94.3 cm³/mol. The second-order valence-electron chi connectivity index (χ2n) is 8.19. The molecule has 1 saturated carbocycles. The number of aromatic nitrogens is 1. The SMILES string of the molecule is CC[C@H]1C[C@H]2CN3CCc4c([nH]c5ccc(O)cc45)[C@](CO)(C2)[C@H]13. The Labute approximate surface area is 142 Å². The Kier molecular flexibility index (Phi) is 3.08. The van der Waals surface area contributed by atoms with E-state index in [9.17, 15) is 10.2 Å². The molecule has 1 aliphatic carbocycles. The summed E-state index contributed by atoms with van der Waals surface area (Å²) in [6.45, 7) is 4.77. The molecule has 24 heavy (non-hydrogen) atoms. The van der Waals surface area contributed by atoms with Crippen molar-refractivity contribution in [1.29, 1.82) is 0 Å². The highest BCUT2D eigenvalue weighted by Crippen LogP contribution is 2.54. The lowest BCUT2D eigenvalue weighted by Crippen LogP contribution is -2.65. The molecule has 1 aromatic heterocycles. The van der Waals surface area contributed by atoms with Crippen molar-refractivity contribution in [2.75, 3.05) is 19.7 Å². The molecule has 1 aromatic carbocycles. The molecule has 4 heterocycles. The average molecular weight is 326 g/mol. The number of benzene rings is 1. The van der Waals surface area contributed by atoms with Gasteiger partial charge in [0.2, 0.25) is 0 Å². The van der Waals surface area contributed by atoms with Crippen LogP contribution >= 0.6 is 0 Å². The Hall–Kier alpha value is -1.52. The molecule has 3 fully saturated rings. The third kappa shape index (κ3) is 1.76. The lowest BCUT2D eigenvalue weighted by atomic mass is 9.57. The van der Waals surface area contributed by atoms with Gasteiger partial charge in [-0.05, 0) is 54.9 Å². The molecule has 4 bridgehead atoms. The summed E-state index contributed by atoms with van der Waals surface area (Å²) in [6.07, 6.45) is 4.60. The van der Waals surface area contributed by atoms with E-state index in [1.165, 1.54) is 30.6 Å². The van der Waals surface area contributed by atoms with Gasteiger partial charge in [0, 0.05) is 41.1 Å². The maximum absolute atomic E-state index is 10.6. The Morgan fingerprint density at radius 1 is 1.38 bits per heavy atom. The quantitative estimate of drug-likeness (QED) is 0.795. The van der Waals surface area contributed by atoms with Gasteiger partial charge in [-0.3, -0.25) is 4.90 Å². The number of hydrogen-bond donors (Lipinski definition) is 3. The molecule has 5 atom stereocenters. The second-order valence-corrected chi connectivity index (χ2v) is 8.19. The molecule has 128 valence electrons. The topological polar surface area (TPSA) is 59.5 Å². The summed E-state index contributed by atoms with van der Waals surface area (Å²) in [5.74, 6) is 1.69. The van der Waals surface area contributed by atoms with Gasteiger partial charge in [-0.15, -0.1) is 0 Å². The van der Waals surface area contributed by atoms with Crippen molar-refractivity contribution in [2.45, 2.75) is 44.1 Å². The van der Waals surface area contributed by atoms with Gasteiger partial charge in [-0.2, -0.15) is 0 Å². The van der Waals surface area contributed by atoms with Gasteiger partial charge in [0.15, 0.2) is 0 Å². The van der Waals surface area contributed by atoms with Crippen LogP contribution in [0.2, 0.25) is 0 Å². The fourth-order valence-electron chi connectivity index (χ4n) is 6.24. The fourth-order valence-corrected chi connectivity index (χ4v) is 6.24. The summed E-state index contributed by atoms with van der Waals surface area (Å²) in [5.41, 5.74) is 3.50. The van der Waals surface area contributed by atoms with E-state index in [4.69, 9.17) is 0 Å². The minimum Gasteiger partial charge on any atom is -0.508 e. The van der Waals surface area contributed by atoms with E-state index in [0.29, 0.717) is 23.6 Å². The van der Waals surface area contributed by atoms with Crippen molar-refractivity contribution in [3.8, 4) is 5.75 Å². The van der Waals surface area contributed by atoms with Crippen LogP contribution in [-0.2, 0) is 11.8 Å². The van der Waals surface area contributed by atoms with E-state index in [1.54, 1.807) is 6.07 Å². The van der Waals surface area contributed by atoms with Crippen LogP contribution in [0.5, 0.6) is 5.75 Å². The molecule has 4 heteroatoms. The van der Waals surface area contributed by atoms with Gasteiger partial charge in [0.1, 0.15) is 5.75 Å². The molecule has 0 amide bonds. The lowest BCUT2D eigenvalue weighted by Gasteiger charge is -2.59. The van der Waals surface area contributed by atoms with Gasteiger partial charge >= 0.3 is 0 Å². The van der Waals surface area contributed by atoms with Crippen molar-refractivity contribution in [2.24, 2.45) is 11.8 Å². The van der Waals surface area contributed by atoms with E-state index in [2.05, 4.69) is 16.8 Å². The first-order valence-corrected chi connectivity index (χ1v) is 9.35. The number of aliphatic hydroxyl groups is 1. The molecule has 6 rings (SSSR count). The van der Waals surface area contributed by atoms with Crippen molar-refractivity contribution in [1.82, 2.24) is 9.88 Å². The number of phenolic OH excluding ortho intramolecular Hbond substituents is 1. The van der Waals surface area contributed by atoms with E-state index < -0.39 is 0 Å². The van der Waals surface area contributed by atoms with Crippen molar-refractivity contribution in [3.05, 3.63) is 29.5 Å². The average Bonchev–Trinajstić information content (AvgIpc) is 2.93. The van der Waals surface area contributed by atoms with E-state index in [-0.39, 0.29) is 12.0 Å². The van der Waals surface area contributed by atoms with Crippen LogP contribution < -0.4 is 0 Å². The molecule has 0 radical (unpaired) electrons. The molecule has 2 saturated heterocycles. The molecule has 0 spiro atoms. The van der Waals surface area contributed by atoms with Gasteiger partial charge in [0.05, 0.1) is 6.61 Å². The van der Waals surface area contributed by atoms with Crippen molar-refractivity contribution in [3.63, 3.8) is 0 Å². The summed E-state index contributed by atoms with van der Waals surface area (Å²) >= 11 is 0. The van der Waals surface area contributed by atoms with Crippen molar-refractivity contribution >= 4 is 10.9 Å².